The van der Waals surface area contributed by atoms with Crippen LogP contribution in [0.4, 0.5) is 4.79 Å². The SMILES string of the molecule is Cc1ccc(O)c(C(=O)OCC(=O)N2CCNC2=O)c1. The number of aromatic hydroxyl groups is 1. The van der Waals surface area contributed by atoms with Gasteiger partial charge in [-0.3, -0.25) is 9.69 Å². The van der Waals surface area contributed by atoms with E-state index in [-0.39, 0.29) is 17.9 Å². The maximum atomic E-state index is 11.8. The highest BCUT2D eigenvalue weighted by atomic mass is 16.5. The third-order valence-electron chi connectivity index (χ3n) is 2.86. The molecule has 1 aromatic carbocycles. The predicted octanol–water partition coefficient (Wildman–Crippen LogP) is 0.409. The molecular weight excluding hydrogens is 264 g/mol. The van der Waals surface area contributed by atoms with Crippen LogP contribution in [0, 0.1) is 6.92 Å². The summed E-state index contributed by atoms with van der Waals surface area (Å²) in [5.41, 5.74) is 0.767. The van der Waals surface area contributed by atoms with Crippen molar-refractivity contribution in [3.8, 4) is 5.75 Å². The second-order valence-corrected chi connectivity index (χ2v) is 4.37. The number of esters is 1. The summed E-state index contributed by atoms with van der Waals surface area (Å²) in [4.78, 5) is 35.7. The third-order valence-corrected chi connectivity index (χ3v) is 2.86. The first-order chi connectivity index (χ1) is 9.49. The molecule has 2 N–H and O–H groups in total. The van der Waals surface area contributed by atoms with Crippen molar-refractivity contribution in [2.24, 2.45) is 0 Å². The lowest BCUT2D eigenvalue weighted by atomic mass is 10.1. The highest BCUT2D eigenvalue weighted by molar-refractivity contribution is 5.98. The Morgan fingerprint density at radius 3 is 2.85 bits per heavy atom. The van der Waals surface area contributed by atoms with E-state index >= 15 is 0 Å². The standard InChI is InChI=1S/C13H14N2O5/c1-8-2-3-10(16)9(6-8)12(18)20-7-11(17)15-5-4-14-13(15)19/h2-3,6,16H,4-5,7H2,1H3,(H,14,19). The Kier molecular flexibility index (Phi) is 3.88. The number of hydrogen-bond acceptors (Lipinski definition) is 5. The van der Waals surface area contributed by atoms with Crippen LogP contribution >= 0.6 is 0 Å². The van der Waals surface area contributed by atoms with Gasteiger partial charge < -0.3 is 15.2 Å². The molecule has 1 aliphatic rings. The predicted molar refractivity (Wildman–Crippen MR) is 68.2 cm³/mol. The summed E-state index contributed by atoms with van der Waals surface area (Å²) >= 11 is 0. The Morgan fingerprint density at radius 1 is 1.45 bits per heavy atom. The van der Waals surface area contributed by atoms with E-state index < -0.39 is 24.5 Å². The molecule has 20 heavy (non-hydrogen) atoms. The van der Waals surface area contributed by atoms with Crippen molar-refractivity contribution < 1.29 is 24.2 Å². The Hall–Kier alpha value is -2.57. The number of nitrogens with zero attached hydrogens (tertiary/aromatic N) is 1. The van der Waals surface area contributed by atoms with Crippen LogP contribution in [-0.4, -0.2) is 47.6 Å². The third kappa shape index (κ3) is 2.87. The van der Waals surface area contributed by atoms with E-state index in [2.05, 4.69) is 5.32 Å². The Labute approximate surface area is 115 Å². The fraction of sp³-hybridized carbons (Fsp3) is 0.308. The van der Waals surface area contributed by atoms with E-state index in [1.807, 2.05) is 0 Å². The van der Waals surface area contributed by atoms with Crippen LogP contribution < -0.4 is 5.32 Å². The summed E-state index contributed by atoms with van der Waals surface area (Å²) in [5, 5.41) is 12.0. The van der Waals surface area contributed by atoms with Crippen LogP contribution in [0.15, 0.2) is 18.2 Å². The smallest absolute Gasteiger partial charge is 0.342 e. The van der Waals surface area contributed by atoms with Crippen molar-refractivity contribution in [3.63, 3.8) is 0 Å². The minimum absolute atomic E-state index is 0.0105. The van der Waals surface area contributed by atoms with Crippen molar-refractivity contribution >= 4 is 17.9 Å². The van der Waals surface area contributed by atoms with E-state index in [1.54, 1.807) is 13.0 Å². The van der Waals surface area contributed by atoms with Gasteiger partial charge in [0.05, 0.1) is 0 Å². The largest absolute Gasteiger partial charge is 0.507 e. The lowest BCUT2D eigenvalue weighted by molar-refractivity contribution is -0.130. The molecule has 1 fully saturated rings. The molecule has 0 radical (unpaired) electrons. The molecule has 0 atom stereocenters. The molecule has 0 unspecified atom stereocenters. The maximum Gasteiger partial charge on any atom is 0.342 e. The molecule has 106 valence electrons. The number of phenolic OH excluding ortho intramolecular Hbond substituents is 1. The Bertz CT molecular complexity index is 570. The minimum atomic E-state index is -0.806. The van der Waals surface area contributed by atoms with E-state index in [0.717, 1.165) is 10.5 Å². The highest BCUT2D eigenvalue weighted by Crippen LogP contribution is 2.19. The average molecular weight is 278 g/mol. The molecule has 0 spiro atoms. The van der Waals surface area contributed by atoms with Crippen molar-refractivity contribution in [1.29, 1.82) is 0 Å². The summed E-state index contributed by atoms with van der Waals surface area (Å²) in [6, 6.07) is 3.99. The number of imide groups is 1. The first-order valence-corrected chi connectivity index (χ1v) is 6.04. The van der Waals surface area contributed by atoms with Crippen LogP contribution in [0.2, 0.25) is 0 Å². The van der Waals surface area contributed by atoms with Crippen LogP contribution in [-0.2, 0) is 9.53 Å². The second-order valence-electron chi connectivity index (χ2n) is 4.37. The number of carbonyl (C=O) groups excluding carboxylic acids is 3. The van der Waals surface area contributed by atoms with Crippen LogP contribution in [0.25, 0.3) is 0 Å². The summed E-state index contributed by atoms with van der Waals surface area (Å²) in [5.74, 6) is -1.62. The number of carbonyl (C=O) groups is 3. The molecule has 0 bridgehead atoms. The molecule has 1 aliphatic heterocycles. The zero-order chi connectivity index (χ0) is 14.7. The number of rotatable bonds is 3. The van der Waals surface area contributed by atoms with Crippen molar-refractivity contribution in [2.45, 2.75) is 6.92 Å². The molecule has 0 aromatic heterocycles. The topological polar surface area (TPSA) is 95.9 Å². The van der Waals surface area contributed by atoms with Crippen LogP contribution in [0.3, 0.4) is 0 Å². The summed E-state index contributed by atoms with van der Waals surface area (Å²) < 4.78 is 4.82. The van der Waals surface area contributed by atoms with Gasteiger partial charge in [0.2, 0.25) is 0 Å². The molecule has 7 heteroatoms. The maximum absolute atomic E-state index is 11.8. The van der Waals surface area contributed by atoms with Gasteiger partial charge in [-0.25, -0.2) is 9.59 Å². The van der Waals surface area contributed by atoms with Gasteiger partial charge in [0, 0.05) is 13.1 Å². The molecule has 7 nitrogen and oxygen atoms in total. The van der Waals surface area contributed by atoms with Crippen molar-refractivity contribution in [3.05, 3.63) is 29.3 Å². The molecule has 1 aromatic rings. The number of benzene rings is 1. The first-order valence-electron chi connectivity index (χ1n) is 6.04. The van der Waals surface area contributed by atoms with Gasteiger partial charge in [-0.2, -0.15) is 0 Å². The molecule has 1 heterocycles. The van der Waals surface area contributed by atoms with Gasteiger partial charge >= 0.3 is 12.0 Å². The lowest BCUT2D eigenvalue weighted by Gasteiger charge is -2.12. The zero-order valence-corrected chi connectivity index (χ0v) is 10.9. The zero-order valence-electron chi connectivity index (χ0n) is 10.9. The first kappa shape index (κ1) is 13.9. The Balaban J connectivity index is 1.97. The van der Waals surface area contributed by atoms with Crippen molar-refractivity contribution in [1.82, 2.24) is 10.2 Å². The summed E-state index contributed by atoms with van der Waals surface area (Å²) in [6.45, 7) is 1.86. The van der Waals surface area contributed by atoms with Gasteiger partial charge in [0.1, 0.15) is 11.3 Å². The number of urea groups is 1. The quantitative estimate of drug-likeness (QED) is 0.781. The monoisotopic (exact) mass is 278 g/mol. The number of phenols is 1. The van der Waals surface area contributed by atoms with Crippen molar-refractivity contribution in [2.75, 3.05) is 19.7 Å². The van der Waals surface area contributed by atoms with Gasteiger partial charge in [-0.1, -0.05) is 11.6 Å². The normalized spacial score (nSPS) is 14.1. The molecule has 0 saturated carbocycles. The highest BCUT2D eigenvalue weighted by Gasteiger charge is 2.27. The van der Waals surface area contributed by atoms with Gasteiger partial charge in [0.25, 0.3) is 5.91 Å². The number of ether oxygens (including phenoxy) is 1. The van der Waals surface area contributed by atoms with Gasteiger partial charge in [0.15, 0.2) is 6.61 Å². The number of amides is 3. The average Bonchev–Trinajstić information content (AvgIpc) is 2.84. The molecule has 0 aliphatic carbocycles. The van der Waals surface area contributed by atoms with E-state index in [9.17, 15) is 19.5 Å². The molecule has 3 amide bonds. The second kappa shape index (κ2) is 5.60. The number of nitrogens with one attached hydrogen (secondary N) is 1. The van der Waals surface area contributed by atoms with Crippen LogP contribution in [0.1, 0.15) is 15.9 Å². The van der Waals surface area contributed by atoms with E-state index in [4.69, 9.17) is 4.74 Å². The number of aryl methyl sites for hydroxylation is 1. The molecule has 1 saturated heterocycles. The van der Waals surface area contributed by atoms with E-state index in [1.165, 1.54) is 12.1 Å². The number of hydrogen-bond donors (Lipinski definition) is 2. The molecular formula is C13H14N2O5. The Morgan fingerprint density at radius 2 is 2.20 bits per heavy atom. The summed E-state index contributed by atoms with van der Waals surface area (Å²) in [6.07, 6.45) is 0. The summed E-state index contributed by atoms with van der Waals surface area (Å²) in [7, 11) is 0. The van der Waals surface area contributed by atoms with Crippen LogP contribution in [0.5, 0.6) is 5.75 Å². The fourth-order valence-corrected chi connectivity index (χ4v) is 1.81. The van der Waals surface area contributed by atoms with Gasteiger partial charge in [-0.05, 0) is 19.1 Å². The molecule has 2 rings (SSSR count). The minimum Gasteiger partial charge on any atom is -0.507 e. The fourth-order valence-electron chi connectivity index (χ4n) is 1.81. The van der Waals surface area contributed by atoms with E-state index in [0.29, 0.717) is 6.54 Å². The lowest BCUT2D eigenvalue weighted by Crippen LogP contribution is -2.37. The van der Waals surface area contributed by atoms with Gasteiger partial charge in [-0.15, -0.1) is 0 Å².